The zero-order valence-corrected chi connectivity index (χ0v) is 14.2. The third-order valence-corrected chi connectivity index (χ3v) is 5.92. The van der Waals surface area contributed by atoms with Gasteiger partial charge in [-0.1, -0.05) is 0 Å². The first kappa shape index (κ1) is 19.0. The standard InChI is InChI=1S/C11H8BrF6N3O2S/c1-21(2)24(22,23)8-4(10(13,14)15)3-5-7(6(8)12)20-9(19-5)11(16,17)18/h3H,1-2H3,(H,19,20). The third-order valence-electron chi connectivity index (χ3n) is 2.98. The molecular formula is C11H8BrF6N3O2S. The van der Waals surface area contributed by atoms with E-state index in [1.54, 1.807) is 4.98 Å². The van der Waals surface area contributed by atoms with Gasteiger partial charge in [-0.05, 0) is 22.0 Å². The summed E-state index contributed by atoms with van der Waals surface area (Å²) in [6.07, 6.45) is -10.0. The monoisotopic (exact) mass is 439 g/mol. The lowest BCUT2D eigenvalue weighted by molar-refractivity contribution is -0.144. The molecule has 0 aliphatic carbocycles. The van der Waals surface area contributed by atoms with E-state index in [2.05, 4.69) is 20.9 Å². The van der Waals surface area contributed by atoms with Crippen LogP contribution in [0.25, 0.3) is 11.0 Å². The van der Waals surface area contributed by atoms with E-state index in [0.29, 0.717) is 10.4 Å². The molecule has 0 bridgehead atoms. The maximum Gasteiger partial charge on any atom is 0.449 e. The Labute approximate surface area is 139 Å². The lowest BCUT2D eigenvalue weighted by atomic mass is 10.2. The molecule has 1 N–H and O–H groups in total. The normalized spacial score (nSPS) is 13.9. The molecule has 134 valence electrons. The first-order valence-corrected chi connectivity index (χ1v) is 8.19. The number of hydrogen-bond donors (Lipinski definition) is 1. The van der Waals surface area contributed by atoms with Gasteiger partial charge in [0.15, 0.2) is 0 Å². The quantitative estimate of drug-likeness (QED) is 0.726. The van der Waals surface area contributed by atoms with E-state index in [9.17, 15) is 34.8 Å². The molecule has 0 saturated heterocycles. The molecule has 13 heteroatoms. The molecule has 5 nitrogen and oxygen atoms in total. The van der Waals surface area contributed by atoms with Gasteiger partial charge < -0.3 is 4.98 Å². The number of aromatic amines is 1. The summed E-state index contributed by atoms with van der Waals surface area (Å²) in [6, 6.07) is 0.290. The largest absolute Gasteiger partial charge is 0.449 e. The minimum absolute atomic E-state index is 0.290. The predicted molar refractivity (Wildman–Crippen MR) is 74.7 cm³/mol. The fourth-order valence-electron chi connectivity index (χ4n) is 1.87. The fraction of sp³-hybridized carbons (Fsp3) is 0.364. The molecule has 0 spiro atoms. The Kier molecular flexibility index (Phi) is 4.43. The van der Waals surface area contributed by atoms with Crippen LogP contribution in [0.5, 0.6) is 0 Å². The zero-order valence-electron chi connectivity index (χ0n) is 11.8. The van der Waals surface area contributed by atoms with Crippen molar-refractivity contribution in [2.24, 2.45) is 0 Å². The van der Waals surface area contributed by atoms with Crippen LogP contribution < -0.4 is 0 Å². The Bertz CT molecular complexity index is 901. The average Bonchev–Trinajstić information content (AvgIpc) is 2.81. The van der Waals surface area contributed by atoms with Crippen molar-refractivity contribution in [3.05, 3.63) is 21.9 Å². The summed E-state index contributed by atoms with van der Waals surface area (Å²) >= 11 is 2.65. The van der Waals surface area contributed by atoms with E-state index in [0.717, 1.165) is 14.1 Å². The smallest absolute Gasteiger partial charge is 0.334 e. The highest BCUT2D eigenvalue weighted by molar-refractivity contribution is 9.10. The van der Waals surface area contributed by atoms with Gasteiger partial charge in [0.2, 0.25) is 15.8 Å². The minimum atomic E-state index is -5.11. The third kappa shape index (κ3) is 3.11. The summed E-state index contributed by atoms with van der Waals surface area (Å²) < 4.78 is 102. The number of hydrogen-bond acceptors (Lipinski definition) is 3. The first-order valence-electron chi connectivity index (χ1n) is 5.96. The molecule has 2 aromatic rings. The number of alkyl halides is 6. The summed E-state index contributed by atoms with van der Waals surface area (Å²) in [6.45, 7) is 0. The lowest BCUT2D eigenvalue weighted by Crippen LogP contribution is -2.26. The van der Waals surface area contributed by atoms with E-state index in [1.165, 1.54) is 0 Å². The second-order valence-electron chi connectivity index (χ2n) is 4.83. The Morgan fingerprint density at radius 3 is 2.08 bits per heavy atom. The van der Waals surface area contributed by atoms with Crippen LogP contribution in [0.3, 0.4) is 0 Å². The molecule has 0 aliphatic heterocycles. The van der Waals surface area contributed by atoms with E-state index in [-0.39, 0.29) is 0 Å². The van der Waals surface area contributed by atoms with Crippen LogP contribution in [0.4, 0.5) is 26.3 Å². The summed E-state index contributed by atoms with van der Waals surface area (Å²) in [5, 5.41) is 0. The van der Waals surface area contributed by atoms with Crippen molar-refractivity contribution in [1.29, 1.82) is 0 Å². The van der Waals surface area contributed by atoms with E-state index in [1.807, 2.05) is 0 Å². The SMILES string of the molecule is CN(C)S(=O)(=O)c1c(C(F)(F)F)cc2[nH]c(C(F)(F)F)nc2c1Br. The van der Waals surface area contributed by atoms with E-state index < -0.39 is 54.2 Å². The highest BCUT2D eigenvalue weighted by Gasteiger charge is 2.42. The number of nitrogens with zero attached hydrogens (tertiary/aromatic N) is 2. The highest BCUT2D eigenvalue weighted by Crippen LogP contribution is 2.42. The highest BCUT2D eigenvalue weighted by atomic mass is 79.9. The van der Waals surface area contributed by atoms with Crippen LogP contribution >= 0.6 is 15.9 Å². The number of halogens is 7. The lowest BCUT2D eigenvalue weighted by Gasteiger charge is -2.18. The van der Waals surface area contributed by atoms with Gasteiger partial charge in [-0.2, -0.15) is 26.3 Å². The average molecular weight is 440 g/mol. The van der Waals surface area contributed by atoms with Crippen molar-refractivity contribution in [2.45, 2.75) is 17.2 Å². The van der Waals surface area contributed by atoms with Gasteiger partial charge in [0.25, 0.3) is 0 Å². The van der Waals surface area contributed by atoms with Crippen molar-refractivity contribution >= 4 is 37.0 Å². The Hall–Kier alpha value is -1.34. The number of sulfonamides is 1. The molecule has 1 aromatic heterocycles. The van der Waals surface area contributed by atoms with Crippen molar-refractivity contribution in [3.8, 4) is 0 Å². The summed E-state index contributed by atoms with van der Waals surface area (Å²) in [5.74, 6) is -1.54. The van der Waals surface area contributed by atoms with Gasteiger partial charge in [-0.3, -0.25) is 0 Å². The van der Waals surface area contributed by atoms with Crippen molar-refractivity contribution in [2.75, 3.05) is 14.1 Å². The Balaban J connectivity index is 2.97. The Morgan fingerprint density at radius 2 is 1.67 bits per heavy atom. The van der Waals surface area contributed by atoms with Crippen LogP contribution in [0.2, 0.25) is 0 Å². The van der Waals surface area contributed by atoms with Gasteiger partial charge in [-0.15, -0.1) is 0 Å². The summed E-state index contributed by atoms with van der Waals surface area (Å²) in [7, 11) is -2.61. The van der Waals surface area contributed by atoms with Crippen LogP contribution in [0, 0.1) is 0 Å². The number of rotatable bonds is 2. The second-order valence-corrected chi connectivity index (χ2v) is 7.71. The molecule has 1 heterocycles. The maximum absolute atomic E-state index is 13.2. The summed E-state index contributed by atoms with van der Waals surface area (Å²) in [5.41, 5.74) is -2.78. The van der Waals surface area contributed by atoms with Gasteiger partial charge in [-0.25, -0.2) is 17.7 Å². The number of benzene rings is 1. The van der Waals surface area contributed by atoms with Crippen LogP contribution in [-0.2, 0) is 22.4 Å². The molecule has 0 atom stereocenters. The number of aromatic nitrogens is 2. The molecule has 1 aromatic carbocycles. The van der Waals surface area contributed by atoms with E-state index in [4.69, 9.17) is 0 Å². The number of nitrogens with one attached hydrogen (secondary N) is 1. The molecule has 24 heavy (non-hydrogen) atoms. The number of fused-ring (bicyclic) bond motifs is 1. The van der Waals surface area contributed by atoms with Crippen molar-refractivity contribution < 1.29 is 34.8 Å². The molecule has 0 saturated carbocycles. The van der Waals surface area contributed by atoms with Crippen LogP contribution in [0.1, 0.15) is 11.4 Å². The van der Waals surface area contributed by atoms with Crippen molar-refractivity contribution in [3.63, 3.8) is 0 Å². The van der Waals surface area contributed by atoms with Crippen LogP contribution in [0.15, 0.2) is 15.4 Å². The summed E-state index contributed by atoms with van der Waals surface area (Å²) in [4.78, 5) is 3.68. The molecule has 0 unspecified atom stereocenters. The maximum atomic E-state index is 13.2. The van der Waals surface area contributed by atoms with Crippen LogP contribution in [-0.4, -0.2) is 36.8 Å². The number of imidazole rings is 1. The zero-order chi connectivity index (χ0) is 18.7. The molecule has 0 amide bonds. The molecule has 0 aliphatic rings. The minimum Gasteiger partial charge on any atom is -0.334 e. The molecular weight excluding hydrogens is 432 g/mol. The topological polar surface area (TPSA) is 66.1 Å². The molecule has 2 rings (SSSR count). The molecule has 0 fully saturated rings. The van der Waals surface area contributed by atoms with Gasteiger partial charge in [0.1, 0.15) is 10.4 Å². The Morgan fingerprint density at radius 1 is 1.12 bits per heavy atom. The van der Waals surface area contributed by atoms with Gasteiger partial charge in [0.05, 0.1) is 15.6 Å². The molecule has 0 radical (unpaired) electrons. The fourth-order valence-corrected chi connectivity index (χ4v) is 4.14. The van der Waals surface area contributed by atoms with Crippen molar-refractivity contribution in [1.82, 2.24) is 14.3 Å². The first-order chi connectivity index (χ1) is 10.7. The second kappa shape index (κ2) is 5.59. The van der Waals surface area contributed by atoms with Gasteiger partial charge in [0, 0.05) is 14.1 Å². The number of H-pyrrole nitrogens is 1. The van der Waals surface area contributed by atoms with E-state index >= 15 is 0 Å². The predicted octanol–water partition coefficient (Wildman–Crippen LogP) is 3.61. The van der Waals surface area contributed by atoms with Gasteiger partial charge >= 0.3 is 12.4 Å².